The van der Waals surface area contributed by atoms with Crippen LogP contribution in [0, 0.1) is 0 Å². The highest BCUT2D eigenvalue weighted by atomic mass is 32.2. The Labute approximate surface area is 166 Å². The number of para-hydroxylation sites is 2. The highest BCUT2D eigenvalue weighted by Gasteiger charge is 2.12. The summed E-state index contributed by atoms with van der Waals surface area (Å²) in [5, 5.41) is 15.1. The minimum absolute atomic E-state index is 0.0310. The molecule has 2 N–H and O–H groups in total. The second-order valence-corrected chi connectivity index (χ2v) is 7.89. The summed E-state index contributed by atoms with van der Waals surface area (Å²) in [6.07, 6.45) is 0. The van der Waals surface area contributed by atoms with Crippen LogP contribution in [0.5, 0.6) is 5.75 Å². The van der Waals surface area contributed by atoms with Gasteiger partial charge in [0.15, 0.2) is 4.34 Å². The molecule has 0 aliphatic carbocycles. The van der Waals surface area contributed by atoms with Crippen molar-refractivity contribution in [2.45, 2.75) is 17.3 Å². The van der Waals surface area contributed by atoms with E-state index in [0.717, 1.165) is 21.3 Å². The number of anilines is 2. The molecule has 1 atom stereocenters. The molecule has 0 fully saturated rings. The standard InChI is InChI=1S/C19H20N4O2S2/c1-13(14-8-4-3-5-9-14)20-17(24)12-26-19-23-22-18(27-19)21-15-10-6-7-11-16(15)25-2/h3-11,13H,12H2,1-2H3,(H,20,24)(H,21,22). The maximum Gasteiger partial charge on any atom is 0.230 e. The SMILES string of the molecule is COc1ccccc1Nc1nnc(SCC(=O)NC(C)c2ccccc2)s1. The molecule has 0 radical (unpaired) electrons. The number of nitrogens with one attached hydrogen (secondary N) is 2. The second kappa shape index (κ2) is 9.38. The average Bonchev–Trinajstić information content (AvgIpc) is 3.15. The van der Waals surface area contributed by atoms with Crippen LogP contribution in [0.25, 0.3) is 0 Å². The average molecular weight is 401 g/mol. The van der Waals surface area contributed by atoms with Crippen molar-refractivity contribution >= 4 is 39.8 Å². The van der Waals surface area contributed by atoms with Crippen LogP contribution >= 0.6 is 23.1 Å². The Kier molecular flexibility index (Phi) is 6.67. The molecule has 6 nitrogen and oxygen atoms in total. The van der Waals surface area contributed by atoms with Crippen LogP contribution in [0.1, 0.15) is 18.5 Å². The van der Waals surface area contributed by atoms with Gasteiger partial charge in [0.05, 0.1) is 24.6 Å². The van der Waals surface area contributed by atoms with E-state index in [1.165, 1.54) is 23.1 Å². The molecule has 140 valence electrons. The molecule has 1 aromatic heterocycles. The molecule has 27 heavy (non-hydrogen) atoms. The molecule has 0 aliphatic rings. The summed E-state index contributed by atoms with van der Waals surface area (Å²) in [7, 11) is 1.62. The van der Waals surface area contributed by atoms with E-state index in [0.29, 0.717) is 10.9 Å². The molecular formula is C19H20N4O2S2. The number of hydrogen-bond acceptors (Lipinski definition) is 7. The van der Waals surface area contributed by atoms with E-state index in [-0.39, 0.29) is 11.9 Å². The molecule has 2 aromatic carbocycles. The lowest BCUT2D eigenvalue weighted by Crippen LogP contribution is -2.28. The van der Waals surface area contributed by atoms with Gasteiger partial charge in [-0.1, -0.05) is 65.6 Å². The normalized spacial score (nSPS) is 11.6. The van der Waals surface area contributed by atoms with Gasteiger partial charge in [-0.25, -0.2) is 0 Å². The number of amides is 1. The van der Waals surface area contributed by atoms with Crippen molar-refractivity contribution in [3.05, 3.63) is 60.2 Å². The number of carbonyl (C=O) groups excluding carboxylic acids is 1. The van der Waals surface area contributed by atoms with Crippen LogP contribution < -0.4 is 15.4 Å². The summed E-state index contributed by atoms with van der Waals surface area (Å²) >= 11 is 2.77. The Bertz CT molecular complexity index is 886. The number of methoxy groups -OCH3 is 1. The first kappa shape index (κ1) is 19.2. The van der Waals surface area contributed by atoms with Crippen molar-refractivity contribution in [3.8, 4) is 5.75 Å². The summed E-state index contributed by atoms with van der Waals surface area (Å²) in [6, 6.07) is 17.4. The zero-order valence-electron chi connectivity index (χ0n) is 15.0. The fourth-order valence-electron chi connectivity index (χ4n) is 2.42. The van der Waals surface area contributed by atoms with Gasteiger partial charge in [0, 0.05) is 0 Å². The quantitative estimate of drug-likeness (QED) is 0.550. The second-order valence-electron chi connectivity index (χ2n) is 5.69. The van der Waals surface area contributed by atoms with Crippen molar-refractivity contribution in [2.75, 3.05) is 18.2 Å². The maximum atomic E-state index is 12.2. The predicted molar refractivity (Wildman–Crippen MR) is 110 cm³/mol. The number of nitrogens with zero attached hydrogens (tertiary/aromatic N) is 2. The summed E-state index contributed by atoms with van der Waals surface area (Å²) in [4.78, 5) is 12.2. The molecule has 3 aromatic rings. The molecule has 3 rings (SSSR count). The number of hydrogen-bond donors (Lipinski definition) is 2. The molecule has 0 bridgehead atoms. The number of thioether (sulfide) groups is 1. The summed E-state index contributed by atoms with van der Waals surface area (Å²) in [5.41, 5.74) is 1.90. The van der Waals surface area contributed by atoms with Gasteiger partial charge in [-0.3, -0.25) is 4.79 Å². The van der Waals surface area contributed by atoms with Crippen LogP contribution in [-0.2, 0) is 4.79 Å². The predicted octanol–water partition coefficient (Wildman–Crippen LogP) is 4.26. The van der Waals surface area contributed by atoms with Crippen molar-refractivity contribution in [2.24, 2.45) is 0 Å². The van der Waals surface area contributed by atoms with E-state index in [9.17, 15) is 4.79 Å². The Morgan fingerprint density at radius 1 is 1.15 bits per heavy atom. The van der Waals surface area contributed by atoms with Crippen molar-refractivity contribution < 1.29 is 9.53 Å². The van der Waals surface area contributed by atoms with Crippen molar-refractivity contribution in [1.29, 1.82) is 0 Å². The van der Waals surface area contributed by atoms with Gasteiger partial charge in [0.25, 0.3) is 0 Å². The van der Waals surface area contributed by atoms with E-state index < -0.39 is 0 Å². The fraction of sp³-hybridized carbons (Fsp3) is 0.211. The lowest BCUT2D eigenvalue weighted by molar-refractivity contribution is -0.119. The summed E-state index contributed by atoms with van der Waals surface area (Å²) in [5.74, 6) is 0.988. The minimum Gasteiger partial charge on any atom is -0.495 e. The van der Waals surface area contributed by atoms with E-state index in [1.54, 1.807) is 7.11 Å². The number of ether oxygens (including phenoxy) is 1. The molecule has 0 saturated carbocycles. The molecule has 1 heterocycles. The van der Waals surface area contributed by atoms with Crippen LogP contribution in [0.4, 0.5) is 10.8 Å². The van der Waals surface area contributed by atoms with Gasteiger partial charge in [-0.15, -0.1) is 10.2 Å². The summed E-state index contributed by atoms with van der Waals surface area (Å²) < 4.78 is 6.04. The van der Waals surface area contributed by atoms with E-state index >= 15 is 0 Å². The third-order valence-corrected chi connectivity index (χ3v) is 5.73. The molecule has 8 heteroatoms. The molecule has 1 amide bonds. The van der Waals surface area contributed by atoms with Crippen molar-refractivity contribution in [3.63, 3.8) is 0 Å². The van der Waals surface area contributed by atoms with Crippen LogP contribution in [0.2, 0.25) is 0 Å². The van der Waals surface area contributed by atoms with Gasteiger partial charge < -0.3 is 15.4 Å². The van der Waals surface area contributed by atoms with Crippen molar-refractivity contribution in [1.82, 2.24) is 15.5 Å². The fourth-order valence-corrected chi connectivity index (χ4v) is 3.99. The Morgan fingerprint density at radius 3 is 2.67 bits per heavy atom. The van der Waals surface area contributed by atoms with Crippen LogP contribution in [-0.4, -0.2) is 29.0 Å². The van der Waals surface area contributed by atoms with Crippen LogP contribution in [0.15, 0.2) is 58.9 Å². The Morgan fingerprint density at radius 2 is 1.89 bits per heavy atom. The van der Waals surface area contributed by atoms with Crippen LogP contribution in [0.3, 0.4) is 0 Å². The highest BCUT2D eigenvalue weighted by molar-refractivity contribution is 8.01. The number of benzene rings is 2. The zero-order chi connectivity index (χ0) is 19.1. The van der Waals surface area contributed by atoms with Gasteiger partial charge >= 0.3 is 0 Å². The van der Waals surface area contributed by atoms with E-state index in [1.807, 2.05) is 61.5 Å². The van der Waals surface area contributed by atoms with E-state index in [4.69, 9.17) is 4.74 Å². The number of aromatic nitrogens is 2. The molecular weight excluding hydrogens is 380 g/mol. The molecule has 0 spiro atoms. The topological polar surface area (TPSA) is 76.1 Å². The molecule has 0 aliphatic heterocycles. The summed E-state index contributed by atoms with van der Waals surface area (Å²) in [6.45, 7) is 1.97. The molecule has 1 unspecified atom stereocenters. The third kappa shape index (κ3) is 5.45. The van der Waals surface area contributed by atoms with Gasteiger partial charge in [-0.05, 0) is 24.6 Å². The highest BCUT2D eigenvalue weighted by Crippen LogP contribution is 2.31. The first-order chi connectivity index (χ1) is 13.2. The minimum atomic E-state index is -0.0363. The van der Waals surface area contributed by atoms with Gasteiger partial charge in [0.1, 0.15) is 5.75 Å². The zero-order valence-corrected chi connectivity index (χ0v) is 16.6. The van der Waals surface area contributed by atoms with Gasteiger partial charge in [-0.2, -0.15) is 0 Å². The number of carbonyl (C=O) groups is 1. The lowest BCUT2D eigenvalue weighted by atomic mass is 10.1. The number of rotatable bonds is 8. The molecule has 0 saturated heterocycles. The Balaban J connectivity index is 1.51. The van der Waals surface area contributed by atoms with Gasteiger partial charge in [0.2, 0.25) is 11.0 Å². The Hall–Kier alpha value is -2.58. The third-order valence-electron chi connectivity index (χ3n) is 3.76. The lowest BCUT2D eigenvalue weighted by Gasteiger charge is -2.13. The first-order valence-corrected chi connectivity index (χ1v) is 10.2. The largest absolute Gasteiger partial charge is 0.495 e. The first-order valence-electron chi connectivity index (χ1n) is 8.36. The monoisotopic (exact) mass is 400 g/mol. The smallest absolute Gasteiger partial charge is 0.230 e. The van der Waals surface area contributed by atoms with E-state index in [2.05, 4.69) is 20.8 Å². The maximum absolute atomic E-state index is 12.2.